The zero-order valence-corrected chi connectivity index (χ0v) is 11.5. The second-order valence-corrected chi connectivity index (χ2v) is 5.31. The highest BCUT2D eigenvalue weighted by molar-refractivity contribution is 6.30. The van der Waals surface area contributed by atoms with E-state index in [0.29, 0.717) is 0 Å². The van der Waals surface area contributed by atoms with Gasteiger partial charge in [-0.25, -0.2) is 4.79 Å². The fourth-order valence-corrected chi connectivity index (χ4v) is 2.52. The lowest BCUT2D eigenvalue weighted by Gasteiger charge is -2.07. The molecule has 0 radical (unpaired) electrons. The molecule has 3 rings (SSSR count). The molecule has 2 atom stereocenters. The first-order valence-electron chi connectivity index (χ1n) is 6.19. The van der Waals surface area contributed by atoms with E-state index in [1.54, 1.807) is 0 Å². The molecule has 0 bridgehead atoms. The van der Waals surface area contributed by atoms with Crippen LogP contribution >= 0.6 is 11.6 Å². The second kappa shape index (κ2) is 4.94. The van der Waals surface area contributed by atoms with E-state index in [-0.39, 0.29) is 28.4 Å². The molecule has 2 heterocycles. The number of hydrogen-bond acceptors (Lipinski definition) is 4. The minimum absolute atomic E-state index is 0.00535. The Bertz CT molecular complexity index is 845. The number of H-pyrrole nitrogens is 2. The molecule has 2 aromatic heterocycles. The molecule has 1 aliphatic carbocycles. The van der Waals surface area contributed by atoms with Gasteiger partial charge in [-0.15, -0.1) is 10.2 Å². The van der Waals surface area contributed by atoms with Crippen LogP contribution < -0.4 is 11.2 Å². The maximum atomic E-state index is 12.7. The van der Waals surface area contributed by atoms with Crippen LogP contribution in [0, 0.1) is 5.92 Å². The fourth-order valence-electron chi connectivity index (χ4n) is 2.28. The SMILES string of the molecule is O=c1[nH]cc(-c2cc([C@@H]3C[C@H]3C(F)(F)F)c(Cl)nn2)c(=O)[nH]1. The third kappa shape index (κ3) is 2.63. The van der Waals surface area contributed by atoms with E-state index in [1.807, 2.05) is 4.98 Å². The van der Waals surface area contributed by atoms with Gasteiger partial charge < -0.3 is 4.98 Å². The summed E-state index contributed by atoms with van der Waals surface area (Å²) in [5.74, 6) is -2.25. The first kappa shape index (κ1) is 14.8. The van der Waals surface area contributed by atoms with Crippen LogP contribution in [0.25, 0.3) is 11.3 Å². The highest BCUT2D eigenvalue weighted by Gasteiger charge is 2.56. The van der Waals surface area contributed by atoms with Gasteiger partial charge in [-0.1, -0.05) is 11.6 Å². The lowest BCUT2D eigenvalue weighted by Crippen LogP contribution is -2.23. The van der Waals surface area contributed by atoms with Crippen LogP contribution in [0.15, 0.2) is 21.9 Å². The maximum Gasteiger partial charge on any atom is 0.392 e. The first-order chi connectivity index (χ1) is 10.3. The van der Waals surface area contributed by atoms with Gasteiger partial charge in [-0.3, -0.25) is 9.78 Å². The Balaban J connectivity index is 2.01. The molecule has 0 spiro atoms. The first-order valence-corrected chi connectivity index (χ1v) is 6.57. The molecule has 116 valence electrons. The molecule has 10 heteroatoms. The fraction of sp³-hybridized carbons (Fsp3) is 0.333. The molecular weight excluding hydrogens is 325 g/mol. The number of aromatic amines is 2. The van der Waals surface area contributed by atoms with Gasteiger partial charge in [0, 0.05) is 6.20 Å². The largest absolute Gasteiger partial charge is 0.392 e. The predicted octanol–water partition coefficient (Wildman–Crippen LogP) is 1.84. The van der Waals surface area contributed by atoms with Gasteiger partial charge in [0.2, 0.25) is 0 Å². The Morgan fingerprint density at radius 3 is 2.59 bits per heavy atom. The minimum atomic E-state index is -4.30. The number of halogens is 4. The van der Waals surface area contributed by atoms with E-state index < -0.39 is 29.3 Å². The van der Waals surface area contributed by atoms with E-state index in [1.165, 1.54) is 6.07 Å². The van der Waals surface area contributed by atoms with Crippen LogP contribution in [0.4, 0.5) is 13.2 Å². The van der Waals surface area contributed by atoms with Gasteiger partial charge in [0.05, 0.1) is 11.5 Å². The number of alkyl halides is 3. The van der Waals surface area contributed by atoms with Gasteiger partial charge in [0.15, 0.2) is 5.15 Å². The molecular formula is C12H8ClF3N4O2. The molecule has 6 nitrogen and oxygen atoms in total. The van der Waals surface area contributed by atoms with Crippen LogP contribution in [0.2, 0.25) is 5.15 Å². The van der Waals surface area contributed by atoms with Crippen molar-refractivity contribution in [1.82, 2.24) is 20.2 Å². The van der Waals surface area contributed by atoms with E-state index in [0.717, 1.165) is 6.20 Å². The van der Waals surface area contributed by atoms with Gasteiger partial charge in [0.25, 0.3) is 5.56 Å². The van der Waals surface area contributed by atoms with E-state index >= 15 is 0 Å². The zero-order chi connectivity index (χ0) is 16.1. The Labute approximate surface area is 125 Å². The average molecular weight is 333 g/mol. The summed E-state index contributed by atoms with van der Waals surface area (Å²) >= 11 is 5.81. The number of hydrogen-bond donors (Lipinski definition) is 2. The summed E-state index contributed by atoms with van der Waals surface area (Å²) in [6.45, 7) is 0. The maximum absolute atomic E-state index is 12.7. The Kier molecular flexibility index (Phi) is 3.32. The second-order valence-electron chi connectivity index (χ2n) is 4.95. The molecule has 22 heavy (non-hydrogen) atoms. The van der Waals surface area contributed by atoms with Crippen molar-refractivity contribution in [2.24, 2.45) is 5.92 Å². The normalized spacial score (nSPS) is 20.9. The quantitative estimate of drug-likeness (QED) is 0.877. The summed E-state index contributed by atoms with van der Waals surface area (Å²) in [5, 5.41) is 7.17. The molecule has 1 aliphatic rings. The molecule has 0 saturated heterocycles. The summed E-state index contributed by atoms with van der Waals surface area (Å²) in [6.07, 6.45) is -3.25. The minimum Gasteiger partial charge on any atom is -0.313 e. The lowest BCUT2D eigenvalue weighted by molar-refractivity contribution is -0.148. The van der Waals surface area contributed by atoms with Gasteiger partial charge in [0.1, 0.15) is 5.69 Å². The topological polar surface area (TPSA) is 91.5 Å². The monoisotopic (exact) mass is 332 g/mol. The molecule has 2 N–H and O–H groups in total. The average Bonchev–Trinajstić information content (AvgIpc) is 3.20. The van der Waals surface area contributed by atoms with Gasteiger partial charge in [-0.2, -0.15) is 13.2 Å². The lowest BCUT2D eigenvalue weighted by atomic mass is 10.1. The number of nitrogens with zero attached hydrogens (tertiary/aromatic N) is 2. The van der Waals surface area contributed by atoms with Crippen LogP contribution in [0.5, 0.6) is 0 Å². The van der Waals surface area contributed by atoms with Crippen LogP contribution in [0.3, 0.4) is 0 Å². The van der Waals surface area contributed by atoms with Gasteiger partial charge >= 0.3 is 11.9 Å². The van der Waals surface area contributed by atoms with E-state index in [4.69, 9.17) is 11.6 Å². The van der Waals surface area contributed by atoms with Crippen molar-refractivity contribution >= 4 is 11.6 Å². The predicted molar refractivity (Wildman–Crippen MR) is 70.6 cm³/mol. The summed E-state index contributed by atoms with van der Waals surface area (Å²) in [5.41, 5.74) is -1.18. The van der Waals surface area contributed by atoms with Crippen molar-refractivity contribution in [3.05, 3.63) is 43.8 Å². The zero-order valence-electron chi connectivity index (χ0n) is 10.7. The van der Waals surface area contributed by atoms with Crippen molar-refractivity contribution in [1.29, 1.82) is 0 Å². The van der Waals surface area contributed by atoms with E-state index in [9.17, 15) is 22.8 Å². The van der Waals surface area contributed by atoms with Crippen LogP contribution in [-0.4, -0.2) is 26.3 Å². The van der Waals surface area contributed by atoms with E-state index in [2.05, 4.69) is 15.2 Å². The number of nitrogens with one attached hydrogen (secondary N) is 2. The van der Waals surface area contributed by atoms with Crippen molar-refractivity contribution in [3.8, 4) is 11.3 Å². The third-order valence-electron chi connectivity index (χ3n) is 3.48. The Morgan fingerprint density at radius 2 is 2.00 bits per heavy atom. The van der Waals surface area contributed by atoms with Crippen molar-refractivity contribution in [3.63, 3.8) is 0 Å². The summed E-state index contributed by atoms with van der Waals surface area (Å²) in [4.78, 5) is 26.9. The van der Waals surface area contributed by atoms with Crippen molar-refractivity contribution in [2.45, 2.75) is 18.5 Å². The summed E-state index contributed by atoms with van der Waals surface area (Å²) in [6, 6.07) is 1.30. The van der Waals surface area contributed by atoms with Crippen molar-refractivity contribution < 1.29 is 13.2 Å². The molecule has 0 unspecified atom stereocenters. The smallest absolute Gasteiger partial charge is 0.313 e. The molecule has 2 aromatic rings. The molecule has 1 saturated carbocycles. The van der Waals surface area contributed by atoms with Crippen LogP contribution in [-0.2, 0) is 0 Å². The standard InChI is InChI=1S/C12H8ClF3N4O2/c13-9-5(4-1-7(4)12(14,15)16)2-8(19-20-9)6-3-17-11(22)18-10(6)21/h2-4,7H,1H2,(H2,17,18,21,22)/t4-,7+/m0/s1. The molecule has 0 aromatic carbocycles. The Hall–Kier alpha value is -2.16. The highest BCUT2D eigenvalue weighted by Crippen LogP contribution is 2.57. The van der Waals surface area contributed by atoms with Crippen LogP contribution in [0.1, 0.15) is 17.9 Å². The number of aromatic nitrogens is 4. The van der Waals surface area contributed by atoms with Crippen molar-refractivity contribution in [2.75, 3.05) is 0 Å². The van der Waals surface area contributed by atoms with Gasteiger partial charge in [-0.05, 0) is 24.0 Å². The number of rotatable bonds is 2. The summed E-state index contributed by atoms with van der Waals surface area (Å²) in [7, 11) is 0. The highest BCUT2D eigenvalue weighted by atomic mass is 35.5. The molecule has 0 aliphatic heterocycles. The third-order valence-corrected chi connectivity index (χ3v) is 3.78. The Morgan fingerprint density at radius 1 is 1.27 bits per heavy atom. The summed E-state index contributed by atoms with van der Waals surface area (Å²) < 4.78 is 38.0. The molecule has 1 fully saturated rings. The molecule has 0 amide bonds.